The molecule has 5 heteroatoms. The van der Waals surface area contributed by atoms with E-state index in [4.69, 9.17) is 0 Å². The van der Waals surface area contributed by atoms with E-state index in [0.29, 0.717) is 11.3 Å². The summed E-state index contributed by atoms with van der Waals surface area (Å²) in [7, 11) is 0. The van der Waals surface area contributed by atoms with E-state index in [1.165, 1.54) is 12.3 Å². The van der Waals surface area contributed by atoms with Gasteiger partial charge in [-0.15, -0.1) is 0 Å². The Kier molecular flexibility index (Phi) is 5.03. The van der Waals surface area contributed by atoms with Crippen molar-refractivity contribution in [1.82, 2.24) is 9.97 Å². The molecule has 0 saturated heterocycles. The quantitative estimate of drug-likeness (QED) is 0.761. The molecule has 2 nitrogen and oxygen atoms in total. The van der Waals surface area contributed by atoms with Crippen LogP contribution in [0.4, 0.5) is 13.2 Å². The number of rotatable bonds is 1. The summed E-state index contributed by atoms with van der Waals surface area (Å²) in [6, 6.07) is 5.96. The van der Waals surface area contributed by atoms with Crippen LogP contribution in [0.3, 0.4) is 0 Å². The zero-order valence-corrected chi connectivity index (χ0v) is 11.0. The lowest BCUT2D eigenvalue weighted by atomic mass is 10.1. The summed E-state index contributed by atoms with van der Waals surface area (Å²) >= 11 is 0. The summed E-state index contributed by atoms with van der Waals surface area (Å²) in [6.45, 7) is 5.85. The van der Waals surface area contributed by atoms with E-state index in [-0.39, 0.29) is 0 Å². The van der Waals surface area contributed by atoms with Crippen molar-refractivity contribution >= 4 is 0 Å². The SMILES string of the molecule is CC.Cc1cccnc1-c1ccc(C(F)(F)F)nc1. The first kappa shape index (κ1) is 15.1. The molecule has 0 amide bonds. The van der Waals surface area contributed by atoms with E-state index >= 15 is 0 Å². The molecule has 0 aromatic carbocycles. The molecule has 0 radical (unpaired) electrons. The van der Waals surface area contributed by atoms with Crippen molar-refractivity contribution in [3.63, 3.8) is 0 Å². The van der Waals surface area contributed by atoms with E-state index in [1.54, 1.807) is 12.3 Å². The highest BCUT2D eigenvalue weighted by Crippen LogP contribution is 2.29. The molecule has 0 aliphatic carbocycles. The third-order valence-corrected chi connectivity index (χ3v) is 2.34. The van der Waals surface area contributed by atoms with Crippen LogP contribution >= 0.6 is 0 Å². The second kappa shape index (κ2) is 6.31. The lowest BCUT2D eigenvalue weighted by Gasteiger charge is -2.07. The molecule has 2 aromatic rings. The molecule has 0 atom stereocenters. The molecule has 0 aliphatic rings. The Balaban J connectivity index is 0.000000861. The number of halogens is 3. The van der Waals surface area contributed by atoms with Gasteiger partial charge in [0, 0.05) is 18.0 Å². The fourth-order valence-electron chi connectivity index (χ4n) is 1.49. The summed E-state index contributed by atoms with van der Waals surface area (Å²) in [5.74, 6) is 0. The van der Waals surface area contributed by atoms with Crippen LogP contribution in [0, 0.1) is 6.92 Å². The maximum Gasteiger partial charge on any atom is 0.433 e. The third-order valence-electron chi connectivity index (χ3n) is 2.34. The number of alkyl halides is 3. The molecule has 0 saturated carbocycles. The van der Waals surface area contributed by atoms with Crippen molar-refractivity contribution in [2.75, 3.05) is 0 Å². The highest BCUT2D eigenvalue weighted by molar-refractivity contribution is 5.61. The first-order chi connectivity index (χ1) is 8.98. The van der Waals surface area contributed by atoms with E-state index in [0.717, 1.165) is 11.6 Å². The Morgan fingerprint density at radius 3 is 2.16 bits per heavy atom. The minimum atomic E-state index is -4.41. The van der Waals surface area contributed by atoms with Crippen LogP contribution in [0.1, 0.15) is 25.1 Å². The van der Waals surface area contributed by atoms with Gasteiger partial charge in [-0.2, -0.15) is 13.2 Å². The van der Waals surface area contributed by atoms with Crippen molar-refractivity contribution in [2.45, 2.75) is 26.9 Å². The Labute approximate surface area is 110 Å². The first-order valence-electron chi connectivity index (χ1n) is 5.94. The standard InChI is InChI=1S/C12H9F3N2.C2H6/c1-8-3-2-6-16-11(8)9-4-5-10(17-7-9)12(13,14)15;1-2/h2-7H,1H3;1-2H3. The average molecular weight is 268 g/mol. The molecule has 19 heavy (non-hydrogen) atoms. The topological polar surface area (TPSA) is 25.8 Å². The van der Waals surface area contributed by atoms with Crippen LogP contribution in [0.25, 0.3) is 11.3 Å². The highest BCUT2D eigenvalue weighted by atomic mass is 19.4. The summed E-state index contributed by atoms with van der Waals surface area (Å²) < 4.78 is 37.0. The third kappa shape index (κ3) is 3.77. The molecule has 0 unspecified atom stereocenters. The summed E-state index contributed by atoms with van der Waals surface area (Å²) in [5.41, 5.74) is 1.23. The van der Waals surface area contributed by atoms with Crippen molar-refractivity contribution < 1.29 is 13.2 Å². The van der Waals surface area contributed by atoms with Gasteiger partial charge < -0.3 is 0 Å². The minimum absolute atomic E-state index is 0.580. The zero-order chi connectivity index (χ0) is 14.5. The fourth-order valence-corrected chi connectivity index (χ4v) is 1.49. The monoisotopic (exact) mass is 268 g/mol. The number of hydrogen-bond donors (Lipinski definition) is 0. The lowest BCUT2D eigenvalue weighted by molar-refractivity contribution is -0.141. The molecular weight excluding hydrogens is 253 g/mol. The number of hydrogen-bond acceptors (Lipinski definition) is 2. The number of aryl methyl sites for hydroxylation is 1. The van der Waals surface area contributed by atoms with E-state index in [2.05, 4.69) is 9.97 Å². The molecule has 102 valence electrons. The molecule has 2 heterocycles. The van der Waals surface area contributed by atoms with Crippen LogP contribution in [-0.2, 0) is 6.18 Å². The first-order valence-corrected chi connectivity index (χ1v) is 5.94. The number of aromatic nitrogens is 2. The Bertz CT molecular complexity index is 519. The molecule has 0 bridgehead atoms. The predicted molar refractivity (Wildman–Crippen MR) is 68.6 cm³/mol. The largest absolute Gasteiger partial charge is 0.433 e. The highest BCUT2D eigenvalue weighted by Gasteiger charge is 2.32. The van der Waals surface area contributed by atoms with E-state index in [9.17, 15) is 13.2 Å². The zero-order valence-electron chi connectivity index (χ0n) is 11.0. The van der Waals surface area contributed by atoms with Gasteiger partial charge in [0.25, 0.3) is 0 Å². The van der Waals surface area contributed by atoms with Gasteiger partial charge >= 0.3 is 6.18 Å². The van der Waals surface area contributed by atoms with Gasteiger partial charge in [-0.1, -0.05) is 19.9 Å². The van der Waals surface area contributed by atoms with E-state index in [1.807, 2.05) is 26.8 Å². The van der Waals surface area contributed by atoms with Crippen LogP contribution < -0.4 is 0 Å². The molecule has 0 N–H and O–H groups in total. The van der Waals surface area contributed by atoms with Gasteiger partial charge in [0.05, 0.1) is 5.69 Å². The number of pyridine rings is 2. The Hall–Kier alpha value is -1.91. The maximum atomic E-state index is 12.3. The fraction of sp³-hybridized carbons (Fsp3) is 0.286. The molecule has 2 rings (SSSR count). The van der Waals surface area contributed by atoms with Gasteiger partial charge in [-0.05, 0) is 30.7 Å². The molecule has 0 fully saturated rings. The normalized spacial score (nSPS) is 10.6. The van der Waals surface area contributed by atoms with Crippen LogP contribution in [0.2, 0.25) is 0 Å². The Morgan fingerprint density at radius 2 is 1.68 bits per heavy atom. The second-order valence-electron chi connectivity index (χ2n) is 3.60. The lowest BCUT2D eigenvalue weighted by Crippen LogP contribution is -2.07. The molecule has 0 aliphatic heterocycles. The number of nitrogens with zero attached hydrogens (tertiary/aromatic N) is 2. The van der Waals surface area contributed by atoms with Crippen LogP contribution in [-0.4, -0.2) is 9.97 Å². The molecule has 2 aromatic heterocycles. The maximum absolute atomic E-state index is 12.3. The van der Waals surface area contributed by atoms with Gasteiger partial charge in [0.15, 0.2) is 0 Å². The van der Waals surface area contributed by atoms with Gasteiger partial charge in [0.2, 0.25) is 0 Å². The molecular formula is C14H15F3N2. The van der Waals surface area contributed by atoms with Crippen molar-refractivity contribution in [3.8, 4) is 11.3 Å². The van der Waals surface area contributed by atoms with Crippen LogP contribution in [0.15, 0.2) is 36.7 Å². The van der Waals surface area contributed by atoms with E-state index < -0.39 is 11.9 Å². The summed E-state index contributed by atoms with van der Waals surface area (Å²) in [5, 5.41) is 0. The van der Waals surface area contributed by atoms with Crippen molar-refractivity contribution in [1.29, 1.82) is 0 Å². The van der Waals surface area contributed by atoms with Gasteiger partial charge in [-0.25, -0.2) is 0 Å². The van der Waals surface area contributed by atoms with Crippen molar-refractivity contribution in [3.05, 3.63) is 47.9 Å². The van der Waals surface area contributed by atoms with Gasteiger partial charge in [0.1, 0.15) is 5.69 Å². The average Bonchev–Trinajstić information content (AvgIpc) is 2.41. The van der Waals surface area contributed by atoms with Crippen LogP contribution in [0.5, 0.6) is 0 Å². The summed E-state index contributed by atoms with van der Waals surface area (Å²) in [6.07, 6.45) is -1.62. The minimum Gasteiger partial charge on any atom is -0.256 e. The van der Waals surface area contributed by atoms with Gasteiger partial charge in [-0.3, -0.25) is 9.97 Å². The Morgan fingerprint density at radius 1 is 1.00 bits per heavy atom. The van der Waals surface area contributed by atoms with Crippen molar-refractivity contribution in [2.24, 2.45) is 0 Å². The summed E-state index contributed by atoms with van der Waals surface area (Å²) in [4.78, 5) is 7.52. The second-order valence-corrected chi connectivity index (χ2v) is 3.60. The smallest absolute Gasteiger partial charge is 0.256 e. The molecule has 0 spiro atoms. The predicted octanol–water partition coefficient (Wildman–Crippen LogP) is 4.50.